The van der Waals surface area contributed by atoms with Crippen LogP contribution >= 0.6 is 0 Å². The molecule has 9 heteroatoms. The van der Waals surface area contributed by atoms with E-state index in [-0.39, 0.29) is 10.6 Å². The van der Waals surface area contributed by atoms with E-state index >= 15 is 0 Å². The van der Waals surface area contributed by atoms with Gasteiger partial charge in [0, 0.05) is 44.5 Å². The van der Waals surface area contributed by atoms with Gasteiger partial charge in [0.25, 0.3) is 5.91 Å². The summed E-state index contributed by atoms with van der Waals surface area (Å²) in [6, 6.07) is 6.57. The second-order valence-corrected chi connectivity index (χ2v) is 8.37. The number of sulfonamides is 1. The van der Waals surface area contributed by atoms with Gasteiger partial charge in [-0.05, 0) is 18.2 Å². The number of amides is 1. The van der Waals surface area contributed by atoms with Crippen molar-refractivity contribution in [2.45, 2.75) is 25.2 Å². The van der Waals surface area contributed by atoms with Crippen LogP contribution in [0.15, 0.2) is 35.4 Å². The largest absolute Gasteiger partial charge is 0.490 e. The summed E-state index contributed by atoms with van der Waals surface area (Å²) in [7, 11) is -1.99. The summed E-state index contributed by atoms with van der Waals surface area (Å²) in [4.78, 5) is 12.8. The first-order valence-corrected chi connectivity index (χ1v) is 10.7. The molecule has 0 unspecified atom stereocenters. The Labute approximate surface area is 165 Å². The van der Waals surface area contributed by atoms with Gasteiger partial charge < -0.3 is 19.4 Å². The van der Waals surface area contributed by atoms with Crippen LogP contribution in [0.1, 0.15) is 30.8 Å². The molecular weight excluding hydrogens is 382 g/mol. The van der Waals surface area contributed by atoms with Crippen LogP contribution in [-0.2, 0) is 17.1 Å². The van der Waals surface area contributed by atoms with Gasteiger partial charge in [-0.3, -0.25) is 4.79 Å². The Hall–Kier alpha value is -2.52. The van der Waals surface area contributed by atoms with Crippen molar-refractivity contribution in [3.05, 3.63) is 36.2 Å². The number of carbonyl (C=O) groups excluding carboxylic acids is 1. The van der Waals surface area contributed by atoms with Gasteiger partial charge in [0.2, 0.25) is 10.0 Å². The highest BCUT2D eigenvalue weighted by Gasteiger charge is 2.25. The summed E-state index contributed by atoms with van der Waals surface area (Å²) in [5.74, 6) is 0.812. The number of nitrogens with zero attached hydrogens (tertiary/aromatic N) is 2. The predicted octanol–water partition coefficient (Wildman–Crippen LogP) is 2.47. The molecule has 1 aromatic heterocycles. The van der Waals surface area contributed by atoms with E-state index < -0.39 is 15.9 Å². The molecule has 28 heavy (non-hydrogen) atoms. The molecule has 0 saturated heterocycles. The minimum Gasteiger partial charge on any atom is -0.490 e. The molecular formula is C19H25N3O5S. The van der Waals surface area contributed by atoms with Gasteiger partial charge in [0.05, 0.1) is 13.2 Å². The summed E-state index contributed by atoms with van der Waals surface area (Å²) < 4.78 is 39.4. The zero-order valence-electron chi connectivity index (χ0n) is 16.3. The number of rotatable bonds is 6. The Balaban J connectivity index is 1.82. The van der Waals surface area contributed by atoms with E-state index in [0.717, 1.165) is 6.42 Å². The number of benzene rings is 1. The van der Waals surface area contributed by atoms with E-state index in [1.54, 1.807) is 39.1 Å². The molecule has 8 nitrogen and oxygen atoms in total. The maximum absolute atomic E-state index is 12.7. The Bertz CT molecular complexity index is 964. The molecule has 0 radical (unpaired) electrons. The molecule has 2 heterocycles. The SMILES string of the molecule is CCN(CC)S(=O)(=O)c1cc(C(=O)Nc2ccc3c(c2)OCCCO3)n(C)c1. The molecule has 2 aromatic rings. The maximum Gasteiger partial charge on any atom is 0.272 e. The van der Waals surface area contributed by atoms with Gasteiger partial charge in [-0.15, -0.1) is 0 Å². The fourth-order valence-electron chi connectivity index (χ4n) is 3.05. The standard InChI is InChI=1S/C19H25N3O5S/c1-4-22(5-2)28(24,25)15-12-16(21(3)13-15)19(23)20-14-7-8-17-18(11-14)27-10-6-9-26-17/h7-8,11-13H,4-6,9-10H2,1-3H3,(H,20,23). The summed E-state index contributed by atoms with van der Waals surface area (Å²) in [6.45, 7) is 5.43. The third-order valence-corrected chi connectivity index (χ3v) is 6.58. The lowest BCUT2D eigenvalue weighted by Crippen LogP contribution is -2.30. The third kappa shape index (κ3) is 4.00. The Kier molecular flexibility index (Phi) is 5.95. The van der Waals surface area contributed by atoms with E-state index in [9.17, 15) is 13.2 Å². The van der Waals surface area contributed by atoms with E-state index in [2.05, 4.69) is 5.32 Å². The number of aromatic nitrogens is 1. The van der Waals surface area contributed by atoms with E-state index in [4.69, 9.17) is 9.47 Å². The lowest BCUT2D eigenvalue weighted by molar-refractivity contribution is 0.101. The normalized spacial score (nSPS) is 14.0. The molecule has 1 amide bonds. The average Bonchev–Trinajstić information content (AvgIpc) is 2.91. The topological polar surface area (TPSA) is 89.9 Å². The molecule has 0 aliphatic carbocycles. The zero-order valence-corrected chi connectivity index (χ0v) is 17.1. The monoisotopic (exact) mass is 407 g/mol. The molecule has 0 spiro atoms. The van der Waals surface area contributed by atoms with Gasteiger partial charge in [0.1, 0.15) is 10.6 Å². The molecule has 0 saturated carbocycles. The fourth-order valence-corrected chi connectivity index (χ4v) is 4.58. The van der Waals surface area contributed by atoms with Crippen LogP contribution in [0, 0.1) is 0 Å². The van der Waals surface area contributed by atoms with Crippen molar-refractivity contribution >= 4 is 21.6 Å². The van der Waals surface area contributed by atoms with Gasteiger partial charge in [0.15, 0.2) is 11.5 Å². The van der Waals surface area contributed by atoms with Crippen LogP contribution in [0.3, 0.4) is 0 Å². The first-order chi connectivity index (χ1) is 13.4. The number of fused-ring (bicyclic) bond motifs is 1. The minimum atomic E-state index is -3.63. The quantitative estimate of drug-likeness (QED) is 0.795. The molecule has 1 aliphatic heterocycles. The molecule has 0 bridgehead atoms. The highest BCUT2D eigenvalue weighted by atomic mass is 32.2. The van der Waals surface area contributed by atoms with E-state index in [1.807, 2.05) is 0 Å². The smallest absolute Gasteiger partial charge is 0.272 e. The van der Waals surface area contributed by atoms with Crippen molar-refractivity contribution in [2.75, 3.05) is 31.6 Å². The average molecular weight is 407 g/mol. The number of hydrogen-bond acceptors (Lipinski definition) is 5. The first-order valence-electron chi connectivity index (χ1n) is 9.24. The van der Waals surface area contributed by atoms with Crippen LogP contribution < -0.4 is 14.8 Å². The first kappa shape index (κ1) is 20.2. The van der Waals surface area contributed by atoms with Crippen molar-refractivity contribution in [1.29, 1.82) is 0 Å². The van der Waals surface area contributed by atoms with Crippen molar-refractivity contribution in [3.63, 3.8) is 0 Å². The number of carbonyl (C=O) groups is 1. The zero-order chi connectivity index (χ0) is 20.3. The molecule has 1 N–H and O–H groups in total. The number of aryl methyl sites for hydroxylation is 1. The summed E-state index contributed by atoms with van der Waals surface area (Å²) in [5, 5.41) is 2.79. The van der Waals surface area contributed by atoms with Crippen LogP contribution in [-0.4, -0.2) is 49.5 Å². The van der Waals surface area contributed by atoms with Crippen LogP contribution in [0.5, 0.6) is 11.5 Å². The summed E-state index contributed by atoms with van der Waals surface area (Å²) in [5.41, 5.74) is 0.793. The molecule has 0 atom stereocenters. The second-order valence-electron chi connectivity index (χ2n) is 6.43. The number of anilines is 1. The number of nitrogens with one attached hydrogen (secondary N) is 1. The third-order valence-electron chi connectivity index (χ3n) is 4.56. The molecule has 152 valence electrons. The van der Waals surface area contributed by atoms with Crippen molar-refractivity contribution in [1.82, 2.24) is 8.87 Å². The van der Waals surface area contributed by atoms with Crippen LogP contribution in [0.2, 0.25) is 0 Å². The predicted molar refractivity (Wildman–Crippen MR) is 106 cm³/mol. The van der Waals surface area contributed by atoms with Crippen molar-refractivity contribution in [2.24, 2.45) is 7.05 Å². The van der Waals surface area contributed by atoms with Crippen molar-refractivity contribution < 1.29 is 22.7 Å². The number of hydrogen-bond donors (Lipinski definition) is 1. The Morgan fingerprint density at radius 1 is 1.14 bits per heavy atom. The lowest BCUT2D eigenvalue weighted by Gasteiger charge is -2.17. The molecule has 1 aliphatic rings. The van der Waals surface area contributed by atoms with E-state index in [1.165, 1.54) is 21.1 Å². The van der Waals surface area contributed by atoms with Gasteiger partial charge in [-0.2, -0.15) is 4.31 Å². The van der Waals surface area contributed by atoms with Gasteiger partial charge >= 0.3 is 0 Å². The van der Waals surface area contributed by atoms with Crippen LogP contribution in [0.4, 0.5) is 5.69 Å². The minimum absolute atomic E-state index is 0.0995. The van der Waals surface area contributed by atoms with Crippen LogP contribution in [0.25, 0.3) is 0 Å². The van der Waals surface area contributed by atoms with E-state index in [0.29, 0.717) is 43.5 Å². The molecule has 0 fully saturated rings. The molecule has 1 aromatic carbocycles. The highest BCUT2D eigenvalue weighted by Crippen LogP contribution is 2.32. The number of ether oxygens (including phenoxy) is 2. The van der Waals surface area contributed by atoms with Gasteiger partial charge in [-0.25, -0.2) is 8.42 Å². The Morgan fingerprint density at radius 3 is 2.50 bits per heavy atom. The Morgan fingerprint density at radius 2 is 1.82 bits per heavy atom. The summed E-state index contributed by atoms with van der Waals surface area (Å²) >= 11 is 0. The second kappa shape index (κ2) is 8.24. The molecule has 3 rings (SSSR count). The maximum atomic E-state index is 12.7. The van der Waals surface area contributed by atoms with Crippen molar-refractivity contribution in [3.8, 4) is 11.5 Å². The fraction of sp³-hybridized carbons (Fsp3) is 0.421. The summed E-state index contributed by atoms with van der Waals surface area (Å²) in [6.07, 6.45) is 2.25. The lowest BCUT2D eigenvalue weighted by atomic mass is 10.2. The van der Waals surface area contributed by atoms with Gasteiger partial charge in [-0.1, -0.05) is 13.8 Å². The highest BCUT2D eigenvalue weighted by molar-refractivity contribution is 7.89.